The smallest absolute Gasteiger partial charge is 0.213 e. The zero-order chi connectivity index (χ0) is 16.9. The molecule has 130 valence electrons. The highest BCUT2D eigenvalue weighted by atomic mass is 16.5. The fraction of sp³-hybridized carbons (Fsp3) is 0.647. The SMILES string of the molecule is CCNC(=NCc1ccc(OC(C)C)nc1)NCCCOCC. The maximum atomic E-state index is 5.54. The van der Waals surface area contributed by atoms with Gasteiger partial charge in [0.25, 0.3) is 0 Å². The first-order valence-corrected chi connectivity index (χ1v) is 8.37. The molecule has 0 bridgehead atoms. The van der Waals surface area contributed by atoms with Crippen molar-refractivity contribution in [3.8, 4) is 5.88 Å². The maximum Gasteiger partial charge on any atom is 0.213 e. The van der Waals surface area contributed by atoms with Gasteiger partial charge in [-0.2, -0.15) is 0 Å². The number of guanidine groups is 1. The van der Waals surface area contributed by atoms with Crippen LogP contribution in [0.15, 0.2) is 23.3 Å². The summed E-state index contributed by atoms with van der Waals surface area (Å²) < 4.78 is 10.9. The molecule has 1 aromatic heterocycles. The Hall–Kier alpha value is -1.82. The largest absolute Gasteiger partial charge is 0.475 e. The van der Waals surface area contributed by atoms with Gasteiger partial charge in [0.15, 0.2) is 5.96 Å². The van der Waals surface area contributed by atoms with E-state index in [9.17, 15) is 0 Å². The van der Waals surface area contributed by atoms with Crippen LogP contribution in [0.1, 0.15) is 39.7 Å². The Labute approximate surface area is 139 Å². The van der Waals surface area contributed by atoms with Crippen LogP contribution in [0, 0.1) is 0 Å². The predicted octanol–water partition coefficient (Wildman–Crippen LogP) is 2.35. The summed E-state index contributed by atoms with van der Waals surface area (Å²) in [6.07, 6.45) is 2.90. The van der Waals surface area contributed by atoms with Gasteiger partial charge >= 0.3 is 0 Å². The molecule has 1 rings (SSSR count). The second kappa shape index (κ2) is 11.7. The molecule has 2 N–H and O–H groups in total. The Morgan fingerprint density at radius 1 is 1.26 bits per heavy atom. The van der Waals surface area contributed by atoms with E-state index >= 15 is 0 Å². The Kier molecular flexibility index (Phi) is 9.79. The zero-order valence-corrected chi connectivity index (χ0v) is 14.8. The predicted molar refractivity (Wildman–Crippen MR) is 93.9 cm³/mol. The van der Waals surface area contributed by atoms with Crippen LogP contribution < -0.4 is 15.4 Å². The van der Waals surface area contributed by atoms with Gasteiger partial charge in [-0.05, 0) is 39.7 Å². The summed E-state index contributed by atoms with van der Waals surface area (Å²) in [5, 5.41) is 6.54. The summed E-state index contributed by atoms with van der Waals surface area (Å²) in [5.41, 5.74) is 1.05. The molecule has 0 amide bonds. The van der Waals surface area contributed by atoms with Gasteiger partial charge in [-0.1, -0.05) is 6.07 Å². The Morgan fingerprint density at radius 3 is 2.70 bits per heavy atom. The van der Waals surface area contributed by atoms with Crippen molar-refractivity contribution < 1.29 is 9.47 Å². The van der Waals surface area contributed by atoms with Crippen molar-refractivity contribution >= 4 is 5.96 Å². The van der Waals surface area contributed by atoms with Gasteiger partial charge in [0.2, 0.25) is 5.88 Å². The van der Waals surface area contributed by atoms with Gasteiger partial charge < -0.3 is 20.1 Å². The summed E-state index contributed by atoms with van der Waals surface area (Å²) in [6, 6.07) is 3.88. The van der Waals surface area contributed by atoms with E-state index in [0.29, 0.717) is 12.4 Å². The van der Waals surface area contributed by atoms with Crippen LogP contribution in [0.5, 0.6) is 5.88 Å². The van der Waals surface area contributed by atoms with Crippen molar-refractivity contribution in [2.24, 2.45) is 4.99 Å². The molecule has 0 saturated heterocycles. The lowest BCUT2D eigenvalue weighted by Crippen LogP contribution is -2.38. The standard InChI is InChI=1S/C17H30N4O2/c1-5-18-17(19-10-7-11-22-6-2)21-13-15-8-9-16(20-12-15)23-14(3)4/h8-9,12,14H,5-7,10-11,13H2,1-4H3,(H2,18,19,21). The van der Waals surface area contributed by atoms with Crippen molar-refractivity contribution in [2.45, 2.75) is 46.8 Å². The van der Waals surface area contributed by atoms with Gasteiger partial charge in [-0.25, -0.2) is 9.98 Å². The fourth-order valence-electron chi connectivity index (χ4n) is 1.85. The molecule has 0 radical (unpaired) electrons. The summed E-state index contributed by atoms with van der Waals surface area (Å²) in [5.74, 6) is 1.46. The van der Waals surface area contributed by atoms with Crippen molar-refractivity contribution in [1.29, 1.82) is 0 Å². The summed E-state index contributed by atoms with van der Waals surface area (Å²) in [6.45, 7) is 11.8. The third-order valence-corrected chi connectivity index (χ3v) is 2.88. The number of nitrogens with zero attached hydrogens (tertiary/aromatic N) is 2. The Bertz CT molecular complexity index is 446. The monoisotopic (exact) mass is 322 g/mol. The topological polar surface area (TPSA) is 67.8 Å². The molecule has 0 spiro atoms. The van der Waals surface area contributed by atoms with Crippen LogP contribution in [0.2, 0.25) is 0 Å². The molecule has 6 heteroatoms. The number of rotatable bonds is 10. The Balaban J connectivity index is 2.45. The van der Waals surface area contributed by atoms with Crippen molar-refractivity contribution in [3.05, 3.63) is 23.9 Å². The minimum Gasteiger partial charge on any atom is -0.475 e. The number of hydrogen-bond acceptors (Lipinski definition) is 4. The number of hydrogen-bond donors (Lipinski definition) is 2. The van der Waals surface area contributed by atoms with E-state index in [0.717, 1.165) is 44.2 Å². The third kappa shape index (κ3) is 9.03. The molecule has 0 aliphatic rings. The fourth-order valence-corrected chi connectivity index (χ4v) is 1.85. The van der Waals surface area contributed by atoms with Crippen LogP contribution in [-0.2, 0) is 11.3 Å². The normalized spacial score (nSPS) is 11.6. The molecule has 1 aromatic rings. The third-order valence-electron chi connectivity index (χ3n) is 2.88. The Morgan fingerprint density at radius 2 is 2.09 bits per heavy atom. The molecule has 1 heterocycles. The van der Waals surface area contributed by atoms with Crippen molar-refractivity contribution in [1.82, 2.24) is 15.6 Å². The number of pyridine rings is 1. The molecule has 0 unspecified atom stereocenters. The van der Waals surface area contributed by atoms with Gasteiger partial charge in [0, 0.05) is 38.6 Å². The minimum atomic E-state index is 0.132. The first-order chi connectivity index (χ1) is 11.2. The van der Waals surface area contributed by atoms with Gasteiger partial charge in [-0.15, -0.1) is 0 Å². The average Bonchev–Trinajstić information content (AvgIpc) is 2.53. The second-order valence-corrected chi connectivity index (χ2v) is 5.34. The zero-order valence-electron chi connectivity index (χ0n) is 14.8. The molecule has 23 heavy (non-hydrogen) atoms. The maximum absolute atomic E-state index is 5.54. The number of ether oxygens (including phenoxy) is 2. The summed E-state index contributed by atoms with van der Waals surface area (Å²) in [4.78, 5) is 8.85. The molecule has 0 saturated carbocycles. The molecular formula is C17H30N4O2. The summed E-state index contributed by atoms with van der Waals surface area (Å²) in [7, 11) is 0. The minimum absolute atomic E-state index is 0.132. The lowest BCUT2D eigenvalue weighted by atomic mass is 10.3. The highest BCUT2D eigenvalue weighted by molar-refractivity contribution is 5.79. The van der Waals surface area contributed by atoms with E-state index in [2.05, 4.69) is 27.5 Å². The number of nitrogens with one attached hydrogen (secondary N) is 2. The van der Waals surface area contributed by atoms with E-state index in [1.807, 2.05) is 32.9 Å². The van der Waals surface area contributed by atoms with Crippen LogP contribution in [0.3, 0.4) is 0 Å². The average molecular weight is 322 g/mol. The lowest BCUT2D eigenvalue weighted by molar-refractivity contribution is 0.145. The van der Waals surface area contributed by atoms with E-state index in [1.165, 1.54) is 0 Å². The molecule has 0 aliphatic carbocycles. The number of aliphatic imine (C=N–C) groups is 1. The van der Waals surface area contributed by atoms with Crippen LogP contribution in [-0.4, -0.2) is 43.4 Å². The van der Waals surface area contributed by atoms with E-state index < -0.39 is 0 Å². The molecule has 6 nitrogen and oxygen atoms in total. The highest BCUT2D eigenvalue weighted by Crippen LogP contribution is 2.10. The van der Waals surface area contributed by atoms with Gasteiger partial charge in [0.05, 0.1) is 12.6 Å². The van der Waals surface area contributed by atoms with Crippen molar-refractivity contribution in [2.75, 3.05) is 26.3 Å². The molecular weight excluding hydrogens is 292 g/mol. The van der Waals surface area contributed by atoms with E-state index in [1.54, 1.807) is 6.20 Å². The van der Waals surface area contributed by atoms with Crippen molar-refractivity contribution in [3.63, 3.8) is 0 Å². The summed E-state index contributed by atoms with van der Waals surface area (Å²) >= 11 is 0. The lowest BCUT2D eigenvalue weighted by Gasteiger charge is -2.11. The first-order valence-electron chi connectivity index (χ1n) is 8.37. The molecule has 0 aliphatic heterocycles. The number of aromatic nitrogens is 1. The quantitative estimate of drug-likeness (QED) is 0.393. The van der Waals surface area contributed by atoms with E-state index in [-0.39, 0.29) is 6.10 Å². The van der Waals surface area contributed by atoms with Crippen LogP contribution in [0.25, 0.3) is 0 Å². The first kappa shape index (κ1) is 19.2. The molecule has 0 aromatic carbocycles. The van der Waals surface area contributed by atoms with Gasteiger partial charge in [-0.3, -0.25) is 0 Å². The van der Waals surface area contributed by atoms with Crippen LogP contribution in [0.4, 0.5) is 0 Å². The molecule has 0 atom stereocenters. The molecule has 0 fully saturated rings. The van der Waals surface area contributed by atoms with E-state index in [4.69, 9.17) is 9.47 Å². The van der Waals surface area contributed by atoms with Crippen LogP contribution >= 0.6 is 0 Å². The second-order valence-electron chi connectivity index (χ2n) is 5.34. The highest BCUT2D eigenvalue weighted by Gasteiger charge is 2.01. The van der Waals surface area contributed by atoms with Gasteiger partial charge in [0.1, 0.15) is 0 Å².